The van der Waals surface area contributed by atoms with Crippen LogP contribution in [0.2, 0.25) is 0 Å². The van der Waals surface area contributed by atoms with Crippen molar-refractivity contribution >= 4 is 0 Å². The van der Waals surface area contributed by atoms with E-state index in [9.17, 15) is 0 Å². The highest BCUT2D eigenvalue weighted by Gasteiger charge is 2.17. The van der Waals surface area contributed by atoms with Crippen molar-refractivity contribution in [1.29, 1.82) is 0 Å². The minimum atomic E-state index is 0.288. The fourth-order valence-electron chi connectivity index (χ4n) is 1.91. The summed E-state index contributed by atoms with van der Waals surface area (Å²) in [7, 11) is 0. The smallest absolute Gasteiger partial charge is 0.00762 e. The molecule has 0 fully saturated rings. The van der Waals surface area contributed by atoms with E-state index in [1.807, 2.05) is 0 Å². The number of hydrogen-bond acceptors (Lipinski definition) is 0. The molecule has 0 rings (SSSR count). The molecule has 0 aliphatic heterocycles. The van der Waals surface area contributed by atoms with Gasteiger partial charge in [-0.25, -0.2) is 0 Å². The van der Waals surface area contributed by atoms with E-state index in [-0.39, 0.29) is 5.41 Å². The average Bonchev–Trinajstić information content (AvgIpc) is 2.10. The maximum absolute atomic E-state index is 2.44. The van der Waals surface area contributed by atoms with E-state index in [1.165, 1.54) is 5.57 Å². The van der Waals surface area contributed by atoms with Gasteiger partial charge in [0, 0.05) is 0 Å². The lowest BCUT2D eigenvalue weighted by Gasteiger charge is -2.24. The van der Waals surface area contributed by atoms with E-state index >= 15 is 0 Å². The predicted molar refractivity (Wildman–Crippen MR) is 80.2 cm³/mol. The molecule has 17 heavy (non-hydrogen) atoms. The molecule has 0 nitrogen and oxygen atoms in total. The van der Waals surface area contributed by atoms with Gasteiger partial charge >= 0.3 is 0 Å². The Balaban J connectivity index is 4.97. The molecule has 0 aliphatic rings. The van der Waals surface area contributed by atoms with E-state index in [2.05, 4.69) is 74.5 Å². The molecule has 0 aromatic carbocycles. The summed E-state index contributed by atoms with van der Waals surface area (Å²) in [5, 5.41) is 0. The quantitative estimate of drug-likeness (QED) is 0.527. The van der Waals surface area contributed by atoms with Gasteiger partial charge < -0.3 is 0 Å². The second kappa shape index (κ2) is 5.89. The summed E-state index contributed by atoms with van der Waals surface area (Å²) in [6.07, 6.45) is 5.99. The Morgan fingerprint density at radius 2 is 1.41 bits per heavy atom. The molecule has 100 valence electrons. The van der Waals surface area contributed by atoms with E-state index in [1.54, 1.807) is 5.57 Å². The maximum Gasteiger partial charge on any atom is -0.00762 e. The van der Waals surface area contributed by atoms with Gasteiger partial charge in [0.1, 0.15) is 0 Å². The molecule has 0 saturated heterocycles. The molecule has 0 saturated carbocycles. The molecular formula is C17H32. The molecule has 1 unspecified atom stereocenters. The van der Waals surface area contributed by atoms with Crippen molar-refractivity contribution in [3.8, 4) is 0 Å². The van der Waals surface area contributed by atoms with Crippen LogP contribution in [0.15, 0.2) is 23.3 Å². The number of rotatable bonds is 3. The van der Waals surface area contributed by atoms with Gasteiger partial charge in [-0.15, -0.1) is 0 Å². The van der Waals surface area contributed by atoms with Crippen molar-refractivity contribution in [3.63, 3.8) is 0 Å². The summed E-state index contributed by atoms with van der Waals surface area (Å²) in [6, 6.07) is 0. The van der Waals surface area contributed by atoms with E-state index in [4.69, 9.17) is 0 Å². The predicted octanol–water partition coefficient (Wildman–Crippen LogP) is 6.00. The highest BCUT2D eigenvalue weighted by Crippen LogP contribution is 2.30. The molecule has 0 heterocycles. The first kappa shape index (κ1) is 16.5. The Kier molecular flexibility index (Phi) is 5.71. The van der Waals surface area contributed by atoms with Gasteiger partial charge in [0.05, 0.1) is 0 Å². The zero-order chi connectivity index (χ0) is 13.9. The summed E-state index contributed by atoms with van der Waals surface area (Å²) in [6.45, 7) is 20.5. The third kappa shape index (κ3) is 6.10. The minimum absolute atomic E-state index is 0.288. The zero-order valence-electron chi connectivity index (χ0n) is 13.4. The first-order valence-corrected chi connectivity index (χ1v) is 6.88. The van der Waals surface area contributed by atoms with Gasteiger partial charge in [0.15, 0.2) is 0 Å². The van der Waals surface area contributed by atoms with Crippen LogP contribution >= 0.6 is 0 Å². The number of hydrogen-bond donors (Lipinski definition) is 0. The van der Waals surface area contributed by atoms with Crippen molar-refractivity contribution in [2.24, 2.45) is 16.7 Å². The lowest BCUT2D eigenvalue weighted by molar-refractivity contribution is 0.481. The fraction of sp³-hybridized carbons (Fsp3) is 0.765. The monoisotopic (exact) mass is 236 g/mol. The molecule has 0 spiro atoms. The Morgan fingerprint density at radius 3 is 1.71 bits per heavy atom. The first-order valence-electron chi connectivity index (χ1n) is 6.88. The Morgan fingerprint density at radius 1 is 0.941 bits per heavy atom. The molecule has 1 atom stereocenters. The topological polar surface area (TPSA) is 0 Å². The second-order valence-electron chi connectivity index (χ2n) is 7.25. The van der Waals surface area contributed by atoms with Crippen LogP contribution in [0.5, 0.6) is 0 Å². The van der Waals surface area contributed by atoms with Gasteiger partial charge in [0.25, 0.3) is 0 Å². The largest absolute Gasteiger partial charge is 0.0784 e. The first-order chi connectivity index (χ1) is 7.48. The lowest BCUT2D eigenvalue weighted by Crippen LogP contribution is -2.11. The van der Waals surface area contributed by atoms with E-state index in [0.29, 0.717) is 11.3 Å². The number of allylic oxidation sites excluding steroid dienone is 4. The van der Waals surface area contributed by atoms with Crippen LogP contribution in [-0.4, -0.2) is 0 Å². The highest BCUT2D eigenvalue weighted by atomic mass is 14.2. The van der Waals surface area contributed by atoms with Crippen molar-refractivity contribution in [2.45, 2.75) is 68.7 Å². The van der Waals surface area contributed by atoms with Crippen molar-refractivity contribution in [1.82, 2.24) is 0 Å². The second-order valence-corrected chi connectivity index (χ2v) is 7.25. The Bertz CT molecular complexity index is 289. The van der Waals surface area contributed by atoms with Crippen LogP contribution in [0.25, 0.3) is 0 Å². The highest BCUT2D eigenvalue weighted by molar-refractivity contribution is 5.18. The summed E-state index contributed by atoms with van der Waals surface area (Å²) in [5.41, 5.74) is 3.62. The van der Waals surface area contributed by atoms with E-state index in [0.717, 1.165) is 6.42 Å². The SMILES string of the molecule is CCC(=CC(C)C=C(C)C(C)(C)C)C(C)(C)C. The fourth-order valence-corrected chi connectivity index (χ4v) is 1.91. The van der Waals surface area contributed by atoms with Crippen LogP contribution in [0.3, 0.4) is 0 Å². The molecule has 0 amide bonds. The van der Waals surface area contributed by atoms with Crippen molar-refractivity contribution < 1.29 is 0 Å². The third-order valence-corrected chi connectivity index (χ3v) is 3.50. The van der Waals surface area contributed by atoms with Gasteiger partial charge in [-0.05, 0) is 30.1 Å². The molecule has 0 aliphatic carbocycles. The summed E-state index contributed by atoms with van der Waals surface area (Å²) in [5.74, 6) is 0.531. The van der Waals surface area contributed by atoms with Crippen molar-refractivity contribution in [2.75, 3.05) is 0 Å². The molecule has 0 N–H and O–H groups in total. The normalized spacial score (nSPS) is 17.2. The van der Waals surface area contributed by atoms with Crippen LogP contribution in [0, 0.1) is 16.7 Å². The minimum Gasteiger partial charge on any atom is -0.0784 e. The van der Waals surface area contributed by atoms with Gasteiger partial charge in [-0.2, -0.15) is 0 Å². The van der Waals surface area contributed by atoms with Gasteiger partial charge in [-0.1, -0.05) is 78.7 Å². The van der Waals surface area contributed by atoms with Gasteiger partial charge in [-0.3, -0.25) is 0 Å². The summed E-state index contributed by atoms with van der Waals surface area (Å²) in [4.78, 5) is 0. The Labute approximate surface area is 109 Å². The summed E-state index contributed by atoms with van der Waals surface area (Å²) < 4.78 is 0. The average molecular weight is 236 g/mol. The van der Waals surface area contributed by atoms with Crippen LogP contribution in [0.1, 0.15) is 68.7 Å². The summed E-state index contributed by atoms with van der Waals surface area (Å²) >= 11 is 0. The van der Waals surface area contributed by atoms with Crippen LogP contribution in [0.4, 0.5) is 0 Å². The Hall–Kier alpha value is -0.520. The lowest BCUT2D eigenvalue weighted by atomic mass is 9.81. The third-order valence-electron chi connectivity index (χ3n) is 3.50. The molecule has 0 heteroatoms. The standard InChI is InChI=1S/C17H32/c1-10-15(17(7,8)9)12-13(2)11-14(3)16(4,5)6/h11-13H,10H2,1-9H3. The molecule has 0 aromatic rings. The molecule has 0 bridgehead atoms. The zero-order valence-corrected chi connectivity index (χ0v) is 13.4. The maximum atomic E-state index is 2.44. The van der Waals surface area contributed by atoms with Crippen LogP contribution < -0.4 is 0 Å². The molecule has 0 aromatic heterocycles. The van der Waals surface area contributed by atoms with Crippen LogP contribution in [-0.2, 0) is 0 Å². The molecule has 0 radical (unpaired) electrons. The molecular weight excluding hydrogens is 204 g/mol. The van der Waals surface area contributed by atoms with E-state index < -0.39 is 0 Å². The van der Waals surface area contributed by atoms with Crippen molar-refractivity contribution in [3.05, 3.63) is 23.3 Å². The van der Waals surface area contributed by atoms with Gasteiger partial charge in [0.2, 0.25) is 0 Å².